The van der Waals surface area contributed by atoms with E-state index in [0.717, 1.165) is 0 Å². The van der Waals surface area contributed by atoms with Gasteiger partial charge >= 0.3 is 12.0 Å². The Hall–Kier alpha value is -1.52. The van der Waals surface area contributed by atoms with Crippen LogP contribution in [0, 0.1) is 0 Å². The third kappa shape index (κ3) is 5.18. The first-order valence-electron chi connectivity index (χ1n) is 4.29. The fourth-order valence-corrected chi connectivity index (χ4v) is 0.650. The summed E-state index contributed by atoms with van der Waals surface area (Å²) in [5, 5.41) is 4.91. The number of nitrogens with one attached hydrogen (secondary N) is 2. The van der Waals surface area contributed by atoms with Gasteiger partial charge in [-0.3, -0.25) is 0 Å². The highest BCUT2D eigenvalue weighted by Gasteiger charge is 2.10. The summed E-state index contributed by atoms with van der Waals surface area (Å²) in [6, 6.07) is -0.303. The molecule has 0 heterocycles. The minimum Gasteiger partial charge on any atom is -0.457 e. The maximum absolute atomic E-state index is 11.0. The first-order chi connectivity index (χ1) is 6.47. The molecule has 2 amide bonds. The van der Waals surface area contributed by atoms with E-state index in [9.17, 15) is 9.59 Å². The van der Waals surface area contributed by atoms with Crippen molar-refractivity contribution in [2.45, 2.75) is 20.0 Å². The summed E-state index contributed by atoms with van der Waals surface area (Å²) in [6.07, 6.45) is -0.364. The van der Waals surface area contributed by atoms with Crippen molar-refractivity contribution in [3.63, 3.8) is 0 Å². The van der Waals surface area contributed by atoms with Gasteiger partial charge in [-0.2, -0.15) is 0 Å². The van der Waals surface area contributed by atoms with Gasteiger partial charge in [0.1, 0.15) is 6.10 Å². The van der Waals surface area contributed by atoms with E-state index in [1.54, 1.807) is 13.8 Å². The zero-order valence-electron chi connectivity index (χ0n) is 8.72. The van der Waals surface area contributed by atoms with Gasteiger partial charge in [-0.1, -0.05) is 6.58 Å². The standard InChI is InChI=1S/C9H16N2O3/c1-6(2)8(12)14-7(3)5-11-9(13)10-4/h7H,1,5H2,2-4H3,(H2,10,11,13). The largest absolute Gasteiger partial charge is 0.457 e. The zero-order valence-corrected chi connectivity index (χ0v) is 8.72. The van der Waals surface area contributed by atoms with Crippen LogP contribution in [0.3, 0.4) is 0 Å². The van der Waals surface area contributed by atoms with Crippen LogP contribution in [-0.4, -0.2) is 31.7 Å². The lowest BCUT2D eigenvalue weighted by molar-refractivity contribution is -0.143. The third-order valence-corrected chi connectivity index (χ3v) is 1.43. The molecule has 0 saturated heterocycles. The van der Waals surface area contributed by atoms with Crippen LogP contribution in [0.1, 0.15) is 13.8 Å². The Kier molecular flexibility index (Phi) is 5.36. The first-order valence-corrected chi connectivity index (χ1v) is 4.29. The van der Waals surface area contributed by atoms with Gasteiger partial charge in [-0.05, 0) is 13.8 Å². The smallest absolute Gasteiger partial charge is 0.333 e. The Labute approximate surface area is 83.5 Å². The summed E-state index contributed by atoms with van der Waals surface area (Å²) in [5.41, 5.74) is 0.344. The van der Waals surface area contributed by atoms with Crippen molar-refractivity contribution in [1.29, 1.82) is 0 Å². The Morgan fingerprint density at radius 1 is 1.50 bits per heavy atom. The van der Waals surface area contributed by atoms with Gasteiger partial charge < -0.3 is 15.4 Å². The van der Waals surface area contributed by atoms with Crippen LogP contribution in [0.25, 0.3) is 0 Å². The summed E-state index contributed by atoms with van der Waals surface area (Å²) < 4.78 is 4.93. The molecule has 0 rings (SSSR count). The molecule has 5 nitrogen and oxygen atoms in total. The lowest BCUT2D eigenvalue weighted by Crippen LogP contribution is -2.38. The summed E-state index contributed by atoms with van der Waals surface area (Å²) in [7, 11) is 1.51. The van der Waals surface area contributed by atoms with Gasteiger partial charge in [0.2, 0.25) is 0 Å². The lowest BCUT2D eigenvalue weighted by Gasteiger charge is -2.13. The number of hydrogen-bond acceptors (Lipinski definition) is 3. The monoisotopic (exact) mass is 200 g/mol. The second-order valence-electron chi connectivity index (χ2n) is 2.96. The van der Waals surface area contributed by atoms with Crippen molar-refractivity contribution in [3.05, 3.63) is 12.2 Å². The van der Waals surface area contributed by atoms with Crippen LogP contribution >= 0.6 is 0 Å². The van der Waals surface area contributed by atoms with E-state index < -0.39 is 5.97 Å². The molecule has 1 atom stereocenters. The second-order valence-corrected chi connectivity index (χ2v) is 2.96. The number of carbonyl (C=O) groups is 2. The fraction of sp³-hybridized carbons (Fsp3) is 0.556. The third-order valence-electron chi connectivity index (χ3n) is 1.43. The summed E-state index contributed by atoms with van der Waals surface area (Å²) >= 11 is 0. The first kappa shape index (κ1) is 12.5. The quantitative estimate of drug-likeness (QED) is 0.510. The van der Waals surface area contributed by atoms with Crippen LogP contribution < -0.4 is 10.6 Å². The molecule has 0 aliphatic heterocycles. The molecule has 0 spiro atoms. The number of rotatable bonds is 4. The molecule has 0 bridgehead atoms. The predicted molar refractivity (Wildman–Crippen MR) is 52.8 cm³/mol. The average Bonchev–Trinajstić information content (AvgIpc) is 2.13. The molecular weight excluding hydrogens is 184 g/mol. The Bertz CT molecular complexity index is 238. The number of amides is 2. The molecule has 80 valence electrons. The number of esters is 1. The van der Waals surface area contributed by atoms with Gasteiger partial charge in [-0.25, -0.2) is 9.59 Å². The van der Waals surface area contributed by atoms with Gasteiger partial charge in [0.05, 0.1) is 6.54 Å². The Morgan fingerprint density at radius 2 is 2.07 bits per heavy atom. The minimum atomic E-state index is -0.448. The molecule has 0 radical (unpaired) electrons. The van der Waals surface area contributed by atoms with E-state index in [2.05, 4.69) is 17.2 Å². The number of hydrogen-bond donors (Lipinski definition) is 2. The highest BCUT2D eigenvalue weighted by Crippen LogP contribution is 1.96. The average molecular weight is 200 g/mol. The fourth-order valence-electron chi connectivity index (χ4n) is 0.650. The summed E-state index contributed by atoms with van der Waals surface area (Å²) in [4.78, 5) is 21.8. The molecule has 0 aromatic rings. The molecule has 0 fully saturated rings. The van der Waals surface area contributed by atoms with E-state index in [1.807, 2.05) is 0 Å². The van der Waals surface area contributed by atoms with Gasteiger partial charge in [0.15, 0.2) is 0 Å². The topological polar surface area (TPSA) is 67.4 Å². The Balaban J connectivity index is 3.76. The van der Waals surface area contributed by atoms with Crippen molar-refractivity contribution in [3.8, 4) is 0 Å². The van der Waals surface area contributed by atoms with Crippen molar-refractivity contribution < 1.29 is 14.3 Å². The number of urea groups is 1. The van der Waals surface area contributed by atoms with E-state index in [-0.39, 0.29) is 18.7 Å². The van der Waals surface area contributed by atoms with Crippen molar-refractivity contribution in [2.24, 2.45) is 0 Å². The number of ether oxygens (including phenoxy) is 1. The highest BCUT2D eigenvalue weighted by atomic mass is 16.5. The van der Waals surface area contributed by atoms with E-state index in [4.69, 9.17) is 4.74 Å². The van der Waals surface area contributed by atoms with E-state index in [1.165, 1.54) is 7.05 Å². The second kappa shape index (κ2) is 6.01. The Morgan fingerprint density at radius 3 is 2.50 bits per heavy atom. The van der Waals surface area contributed by atoms with Gasteiger partial charge in [0, 0.05) is 12.6 Å². The maximum Gasteiger partial charge on any atom is 0.333 e. The van der Waals surface area contributed by atoms with Crippen molar-refractivity contribution in [2.75, 3.05) is 13.6 Å². The normalized spacial score (nSPS) is 11.4. The van der Waals surface area contributed by atoms with Gasteiger partial charge in [-0.15, -0.1) is 0 Å². The van der Waals surface area contributed by atoms with Crippen LogP contribution in [-0.2, 0) is 9.53 Å². The van der Waals surface area contributed by atoms with Crippen LogP contribution in [0.4, 0.5) is 4.79 Å². The molecule has 0 saturated carbocycles. The van der Waals surface area contributed by atoms with Crippen LogP contribution in [0.2, 0.25) is 0 Å². The molecule has 14 heavy (non-hydrogen) atoms. The van der Waals surface area contributed by atoms with E-state index in [0.29, 0.717) is 5.57 Å². The summed E-state index contributed by atoms with van der Waals surface area (Å²) in [6.45, 7) is 6.98. The SMILES string of the molecule is C=C(C)C(=O)OC(C)CNC(=O)NC. The molecule has 0 aliphatic rings. The highest BCUT2D eigenvalue weighted by molar-refractivity contribution is 5.87. The molecule has 2 N–H and O–H groups in total. The maximum atomic E-state index is 11.0. The molecule has 0 aromatic heterocycles. The van der Waals surface area contributed by atoms with Crippen molar-refractivity contribution >= 4 is 12.0 Å². The molecule has 0 aromatic carbocycles. The van der Waals surface area contributed by atoms with Crippen molar-refractivity contribution in [1.82, 2.24) is 10.6 Å². The molecule has 0 aliphatic carbocycles. The lowest BCUT2D eigenvalue weighted by atomic mass is 10.3. The van der Waals surface area contributed by atoms with Gasteiger partial charge in [0.25, 0.3) is 0 Å². The van der Waals surface area contributed by atoms with Crippen LogP contribution in [0.5, 0.6) is 0 Å². The zero-order chi connectivity index (χ0) is 11.1. The van der Waals surface area contributed by atoms with Crippen LogP contribution in [0.15, 0.2) is 12.2 Å². The number of carbonyl (C=O) groups excluding carboxylic acids is 2. The van der Waals surface area contributed by atoms with E-state index >= 15 is 0 Å². The summed E-state index contributed by atoms with van der Waals surface area (Å²) in [5.74, 6) is -0.448. The molecular formula is C9H16N2O3. The minimum absolute atomic E-state index is 0.276. The molecule has 5 heteroatoms. The predicted octanol–water partition coefficient (Wildman–Crippen LogP) is 0.423. The molecule has 1 unspecified atom stereocenters.